The predicted molar refractivity (Wildman–Crippen MR) is 138 cm³/mol. The number of carbonyl (C=O) groups is 2. The molecule has 30 heavy (non-hydrogen) atoms. The summed E-state index contributed by atoms with van der Waals surface area (Å²) >= 11 is 0. The molecule has 0 atom stereocenters. The topological polar surface area (TPSA) is 34.1 Å². The molecular formula is C24H42O2P4+2. The van der Waals surface area contributed by atoms with Crippen LogP contribution in [0.5, 0.6) is 0 Å². The van der Waals surface area contributed by atoms with E-state index in [-0.39, 0.29) is 46.8 Å². The molecule has 0 N–H and O–H groups in total. The number of hydrogen-bond donors (Lipinski definition) is 0. The standard InChI is InChI=1S/C24H42O2P4/c1-15(25)29-21(17(3,4)5)27-22(18(6,7)8)28(21)24(29,20(12,13)14)30(22,16(2)26)23(27,29)19(9,10)11/h1-14H3/q+2. The molecule has 6 aliphatic heterocycles. The van der Waals surface area contributed by atoms with Gasteiger partial charge >= 0.3 is 0 Å². The summed E-state index contributed by atoms with van der Waals surface area (Å²) in [5.41, 5.74) is 1.54. The van der Waals surface area contributed by atoms with Crippen molar-refractivity contribution in [3.8, 4) is 0 Å². The Bertz CT molecular complexity index is 856. The minimum atomic E-state index is -1.94. The van der Waals surface area contributed by atoms with E-state index in [1.54, 1.807) is 0 Å². The lowest BCUT2D eigenvalue weighted by Gasteiger charge is -3.14. The summed E-state index contributed by atoms with van der Waals surface area (Å²) in [6, 6.07) is 0. The number of rotatable bonds is 2. The van der Waals surface area contributed by atoms with Crippen LogP contribution in [0.3, 0.4) is 0 Å². The molecule has 6 fully saturated rings. The zero-order chi connectivity index (χ0) is 23.3. The predicted octanol–water partition coefficient (Wildman–Crippen LogP) is 8.95. The fourth-order valence-electron chi connectivity index (χ4n) is 10.5. The van der Waals surface area contributed by atoms with Crippen molar-refractivity contribution in [3.05, 3.63) is 0 Å². The molecule has 2 nitrogen and oxygen atoms in total. The van der Waals surface area contributed by atoms with E-state index in [0.29, 0.717) is 20.3 Å². The van der Waals surface area contributed by atoms with E-state index in [0.717, 1.165) is 0 Å². The van der Waals surface area contributed by atoms with Crippen LogP contribution in [0.15, 0.2) is 0 Å². The van der Waals surface area contributed by atoms with Gasteiger partial charge in [0.2, 0.25) is 9.28 Å². The average Bonchev–Trinajstić information content (AvgIpc) is 2.47. The monoisotopic (exact) mass is 486 g/mol. The highest BCUT2D eigenvalue weighted by Crippen LogP contribution is 3.63. The van der Waals surface area contributed by atoms with E-state index in [1.807, 2.05) is 13.8 Å². The number of carbonyl (C=O) groups excluding carboxylic acids is 2. The first-order valence-corrected chi connectivity index (χ1v) is 17.8. The van der Waals surface area contributed by atoms with Crippen molar-refractivity contribution in [2.75, 3.05) is 0 Å². The van der Waals surface area contributed by atoms with Gasteiger partial charge in [0.05, 0.1) is 15.8 Å². The maximum atomic E-state index is 14.1. The van der Waals surface area contributed by atoms with Gasteiger partial charge in [0.1, 0.15) is 0 Å². The van der Waals surface area contributed by atoms with Gasteiger partial charge in [0.25, 0.3) is 11.0 Å². The van der Waals surface area contributed by atoms with Gasteiger partial charge < -0.3 is 0 Å². The lowest BCUT2D eigenvalue weighted by atomic mass is 9.95. The summed E-state index contributed by atoms with van der Waals surface area (Å²) in [4.78, 5) is 28.2. The van der Waals surface area contributed by atoms with Gasteiger partial charge in [-0.25, -0.2) is 0 Å². The highest BCUT2D eigenvalue weighted by Gasteiger charge is 3.48. The molecule has 6 aliphatic rings. The Hall–Kier alpha value is 1.06. The van der Waals surface area contributed by atoms with Gasteiger partial charge in [-0.05, 0) is 0 Å². The van der Waals surface area contributed by atoms with Gasteiger partial charge in [-0.15, -0.1) is 0 Å². The Morgan fingerprint density at radius 1 is 0.533 bits per heavy atom. The molecule has 0 radical (unpaired) electrons. The molecule has 0 unspecified atom stereocenters. The summed E-state index contributed by atoms with van der Waals surface area (Å²) in [5, 5.41) is 0. The summed E-state index contributed by atoms with van der Waals surface area (Å²) in [5.74, 6) is 0. The van der Waals surface area contributed by atoms with Gasteiger partial charge in [-0.3, -0.25) is 9.59 Å². The van der Waals surface area contributed by atoms with Gasteiger partial charge in [-0.2, -0.15) is 0 Å². The van der Waals surface area contributed by atoms with Crippen molar-refractivity contribution >= 4 is 41.4 Å². The summed E-state index contributed by atoms with van der Waals surface area (Å²) in [6.07, 6.45) is 0. The van der Waals surface area contributed by atoms with Crippen LogP contribution in [-0.2, 0) is 9.59 Å². The molecule has 0 aliphatic carbocycles. The molecule has 0 aromatic carbocycles. The zero-order valence-electron chi connectivity index (χ0n) is 21.6. The Labute approximate surface area is 188 Å². The van der Waals surface area contributed by atoms with Crippen LogP contribution in [0.25, 0.3) is 0 Å². The molecule has 6 heterocycles. The maximum Gasteiger partial charge on any atom is 0.276 e. The van der Waals surface area contributed by atoms with E-state index in [1.165, 1.54) is 0 Å². The third-order valence-corrected chi connectivity index (χ3v) is 46.9. The van der Waals surface area contributed by atoms with Crippen molar-refractivity contribution in [2.45, 2.75) is 115 Å². The second kappa shape index (κ2) is 4.76. The van der Waals surface area contributed by atoms with E-state index in [9.17, 15) is 9.59 Å². The molecular weight excluding hydrogens is 444 g/mol. The molecule has 0 saturated carbocycles. The van der Waals surface area contributed by atoms with Crippen LogP contribution in [-0.4, -0.2) is 29.6 Å². The van der Waals surface area contributed by atoms with E-state index in [2.05, 4.69) is 83.1 Å². The largest absolute Gasteiger partial charge is 0.276 e. The minimum Gasteiger partial charge on any atom is -0.253 e. The van der Waals surface area contributed by atoms with Crippen LogP contribution in [0.1, 0.15) is 96.9 Å². The Balaban J connectivity index is 1.98. The molecule has 6 saturated heterocycles. The normalized spacial score (nSPS) is 54.7. The number of hydrogen-bond acceptors (Lipinski definition) is 2. The molecule has 6 heteroatoms. The lowest BCUT2D eigenvalue weighted by molar-refractivity contribution is -0.111. The van der Waals surface area contributed by atoms with E-state index < -0.39 is 14.5 Å². The Morgan fingerprint density at radius 3 is 0.900 bits per heavy atom. The lowest BCUT2D eigenvalue weighted by Crippen LogP contribution is -3.09. The quantitative estimate of drug-likeness (QED) is 0.365. The van der Waals surface area contributed by atoms with Crippen LogP contribution in [0, 0.1) is 21.7 Å². The second-order valence-electron chi connectivity index (χ2n) is 14.6. The fraction of sp³-hybridized carbons (Fsp3) is 0.917. The van der Waals surface area contributed by atoms with Crippen molar-refractivity contribution in [2.24, 2.45) is 21.7 Å². The minimum absolute atomic E-state index is 0.0533. The van der Waals surface area contributed by atoms with Crippen molar-refractivity contribution in [1.29, 1.82) is 0 Å². The summed E-state index contributed by atoms with van der Waals surface area (Å²) in [6.45, 7) is 33.0. The Kier molecular flexibility index (Phi) is 3.62. The summed E-state index contributed by atoms with van der Waals surface area (Å²) < 4.78 is 0.818. The highest BCUT2D eigenvalue weighted by molar-refractivity contribution is 8.66. The summed E-state index contributed by atoms with van der Waals surface area (Å²) in [7, 11) is -4.47. The second-order valence-corrected chi connectivity index (χ2v) is 32.2. The van der Waals surface area contributed by atoms with Gasteiger partial charge in [0, 0.05) is 35.5 Å². The Morgan fingerprint density at radius 2 is 0.767 bits per heavy atom. The van der Waals surface area contributed by atoms with Crippen LogP contribution in [0.2, 0.25) is 0 Å². The van der Waals surface area contributed by atoms with Crippen molar-refractivity contribution in [3.63, 3.8) is 0 Å². The van der Waals surface area contributed by atoms with Crippen molar-refractivity contribution in [1.82, 2.24) is 0 Å². The zero-order valence-corrected chi connectivity index (χ0v) is 25.2. The van der Waals surface area contributed by atoms with E-state index >= 15 is 0 Å². The molecule has 0 aromatic rings. The first-order valence-electron chi connectivity index (χ1n) is 11.5. The third kappa shape index (κ3) is 1.18. The first kappa shape index (κ1) is 22.8. The molecule has 0 aromatic heterocycles. The fourth-order valence-corrected chi connectivity index (χ4v) is 74.3. The van der Waals surface area contributed by atoms with E-state index in [4.69, 9.17) is 0 Å². The van der Waals surface area contributed by atoms with Gasteiger partial charge in [0.15, 0.2) is 23.8 Å². The molecule has 0 amide bonds. The van der Waals surface area contributed by atoms with Crippen molar-refractivity contribution < 1.29 is 9.59 Å². The molecule has 0 bridgehead atoms. The van der Waals surface area contributed by atoms with Crippen LogP contribution < -0.4 is 0 Å². The molecule has 0 spiro atoms. The molecule has 6 rings (SSSR count). The third-order valence-electron chi connectivity index (χ3n) is 9.65. The first-order chi connectivity index (χ1) is 13.1. The van der Waals surface area contributed by atoms with Crippen LogP contribution in [0.4, 0.5) is 0 Å². The average molecular weight is 486 g/mol. The van der Waals surface area contributed by atoms with Gasteiger partial charge in [-0.1, -0.05) is 83.1 Å². The smallest absolute Gasteiger partial charge is 0.253 e. The highest BCUT2D eigenvalue weighted by atomic mass is 31.5. The van der Waals surface area contributed by atoms with Crippen LogP contribution >= 0.6 is 30.4 Å². The molecule has 168 valence electrons. The maximum absolute atomic E-state index is 14.1. The SMILES string of the molecule is CC(=O)[P+]12C3(C(C)(C)C)P4C5(C(C)(C)C)P3C1(C(C)(C)C)[P+]5(C(C)=O)C42C(C)(C)C.